The second-order valence-electron chi connectivity index (χ2n) is 4.88. The molecule has 1 rings (SSSR count). The molecule has 4 heteroatoms. The second-order valence-corrected chi connectivity index (χ2v) is 4.88. The Kier molecular flexibility index (Phi) is 4.74. The molecule has 94 valence electrons. The van der Waals surface area contributed by atoms with Gasteiger partial charge in [-0.1, -0.05) is 6.92 Å². The van der Waals surface area contributed by atoms with Gasteiger partial charge >= 0.3 is 5.97 Å². The maximum absolute atomic E-state index is 11.1. The van der Waals surface area contributed by atoms with Crippen molar-refractivity contribution >= 4 is 5.97 Å². The van der Waals surface area contributed by atoms with Gasteiger partial charge in [-0.25, -0.2) is 0 Å². The van der Waals surface area contributed by atoms with E-state index in [2.05, 4.69) is 17.1 Å². The van der Waals surface area contributed by atoms with Crippen LogP contribution in [0.1, 0.15) is 39.5 Å². The fourth-order valence-electron chi connectivity index (χ4n) is 2.36. The Morgan fingerprint density at radius 1 is 1.62 bits per heavy atom. The lowest BCUT2D eigenvalue weighted by Gasteiger charge is -2.29. The van der Waals surface area contributed by atoms with Crippen LogP contribution in [-0.2, 0) is 4.79 Å². The molecule has 16 heavy (non-hydrogen) atoms. The largest absolute Gasteiger partial charge is 0.480 e. The fraction of sp³-hybridized carbons (Fsp3) is 0.917. The van der Waals surface area contributed by atoms with E-state index in [4.69, 9.17) is 5.11 Å². The average Bonchev–Trinajstić information content (AvgIpc) is 2.72. The molecule has 1 aliphatic heterocycles. The molecule has 2 unspecified atom stereocenters. The van der Waals surface area contributed by atoms with Crippen LogP contribution in [0, 0.1) is 0 Å². The highest BCUT2D eigenvalue weighted by molar-refractivity contribution is 5.78. The van der Waals surface area contributed by atoms with E-state index in [9.17, 15) is 4.79 Å². The summed E-state index contributed by atoms with van der Waals surface area (Å²) < 4.78 is 0. The average molecular weight is 228 g/mol. The molecule has 0 spiro atoms. The Balaban J connectivity index is 2.46. The van der Waals surface area contributed by atoms with Gasteiger partial charge in [0, 0.05) is 12.6 Å². The smallest absolute Gasteiger partial charge is 0.323 e. The molecule has 0 saturated carbocycles. The number of nitrogens with zero attached hydrogens (tertiary/aromatic N) is 1. The third-order valence-electron chi connectivity index (χ3n) is 3.89. The first-order chi connectivity index (χ1) is 7.53. The van der Waals surface area contributed by atoms with Gasteiger partial charge in [0.1, 0.15) is 5.54 Å². The molecule has 0 radical (unpaired) electrons. The number of aliphatic carboxylic acids is 1. The Bertz CT molecular complexity index is 245. The Morgan fingerprint density at radius 2 is 2.31 bits per heavy atom. The lowest BCUT2D eigenvalue weighted by molar-refractivity contribution is -0.144. The number of hydrogen-bond donors (Lipinski definition) is 2. The van der Waals surface area contributed by atoms with Crippen molar-refractivity contribution in [2.45, 2.75) is 51.1 Å². The predicted octanol–water partition coefficient (Wildman–Crippen LogP) is 1.31. The van der Waals surface area contributed by atoms with Crippen LogP contribution in [0.15, 0.2) is 0 Å². The molecule has 0 aromatic heterocycles. The number of carbonyl (C=O) groups is 1. The molecule has 0 amide bonds. The van der Waals surface area contributed by atoms with Crippen molar-refractivity contribution in [3.8, 4) is 0 Å². The van der Waals surface area contributed by atoms with Crippen molar-refractivity contribution in [1.29, 1.82) is 0 Å². The van der Waals surface area contributed by atoms with Crippen LogP contribution in [0.5, 0.6) is 0 Å². The summed E-state index contributed by atoms with van der Waals surface area (Å²) in [7, 11) is 1.72. The molecule has 2 atom stereocenters. The minimum atomic E-state index is -0.791. The fourth-order valence-corrected chi connectivity index (χ4v) is 2.36. The maximum atomic E-state index is 11.1. The Labute approximate surface area is 98.0 Å². The van der Waals surface area contributed by atoms with Crippen LogP contribution in [-0.4, -0.2) is 47.7 Å². The zero-order valence-corrected chi connectivity index (χ0v) is 10.6. The van der Waals surface area contributed by atoms with Crippen molar-refractivity contribution < 1.29 is 9.90 Å². The van der Waals surface area contributed by atoms with Gasteiger partial charge in [-0.3, -0.25) is 4.79 Å². The van der Waals surface area contributed by atoms with Crippen molar-refractivity contribution in [2.75, 3.05) is 20.1 Å². The van der Waals surface area contributed by atoms with E-state index in [0.29, 0.717) is 12.5 Å². The number of rotatable bonds is 6. The summed E-state index contributed by atoms with van der Waals surface area (Å²) in [5, 5.41) is 12.1. The first-order valence-electron chi connectivity index (χ1n) is 6.20. The van der Waals surface area contributed by atoms with E-state index in [1.165, 1.54) is 19.3 Å². The van der Waals surface area contributed by atoms with Gasteiger partial charge in [0.05, 0.1) is 0 Å². The van der Waals surface area contributed by atoms with Gasteiger partial charge < -0.3 is 15.3 Å². The molecule has 4 nitrogen and oxygen atoms in total. The number of carboxylic acids is 1. The first-order valence-corrected chi connectivity index (χ1v) is 6.20. The zero-order valence-electron chi connectivity index (χ0n) is 10.6. The van der Waals surface area contributed by atoms with E-state index >= 15 is 0 Å². The summed E-state index contributed by atoms with van der Waals surface area (Å²) in [5.41, 5.74) is -0.791. The highest BCUT2D eigenvalue weighted by atomic mass is 16.4. The summed E-state index contributed by atoms with van der Waals surface area (Å²) >= 11 is 0. The van der Waals surface area contributed by atoms with Crippen LogP contribution >= 0.6 is 0 Å². The second kappa shape index (κ2) is 5.64. The molecule has 1 fully saturated rings. The quantitative estimate of drug-likeness (QED) is 0.720. The lowest BCUT2D eigenvalue weighted by atomic mass is 9.98. The van der Waals surface area contributed by atoms with Gasteiger partial charge in [-0.15, -0.1) is 0 Å². The van der Waals surface area contributed by atoms with Crippen LogP contribution in [0.2, 0.25) is 0 Å². The van der Waals surface area contributed by atoms with Crippen LogP contribution in [0.4, 0.5) is 0 Å². The molecule has 1 saturated heterocycles. The van der Waals surface area contributed by atoms with E-state index in [1.54, 1.807) is 14.0 Å². The first kappa shape index (κ1) is 13.5. The van der Waals surface area contributed by atoms with Crippen molar-refractivity contribution in [3.63, 3.8) is 0 Å². The normalized spacial score (nSPS) is 25.6. The van der Waals surface area contributed by atoms with Gasteiger partial charge in [0.2, 0.25) is 0 Å². The summed E-state index contributed by atoms with van der Waals surface area (Å²) in [6.45, 7) is 5.96. The molecular weight excluding hydrogens is 204 g/mol. The van der Waals surface area contributed by atoms with Crippen LogP contribution < -0.4 is 5.32 Å². The zero-order chi connectivity index (χ0) is 12.2. The summed E-state index contributed by atoms with van der Waals surface area (Å²) in [5.74, 6) is -0.762. The molecule has 1 aliphatic rings. The van der Waals surface area contributed by atoms with Gasteiger partial charge in [-0.05, 0) is 46.2 Å². The van der Waals surface area contributed by atoms with Gasteiger partial charge in [0.15, 0.2) is 0 Å². The molecule has 1 heterocycles. The number of nitrogens with one attached hydrogen (secondary N) is 1. The Hall–Kier alpha value is -0.610. The molecule has 0 bridgehead atoms. The summed E-state index contributed by atoms with van der Waals surface area (Å²) in [6.07, 6.45) is 4.35. The van der Waals surface area contributed by atoms with Crippen LogP contribution in [0.25, 0.3) is 0 Å². The maximum Gasteiger partial charge on any atom is 0.323 e. The van der Waals surface area contributed by atoms with Crippen LogP contribution in [0.3, 0.4) is 0 Å². The van der Waals surface area contributed by atoms with E-state index in [-0.39, 0.29) is 0 Å². The molecule has 0 aliphatic carbocycles. The number of likely N-dealkylation sites (N-methyl/N-ethyl adjacent to an activating group) is 1. The third kappa shape index (κ3) is 2.95. The number of hydrogen-bond acceptors (Lipinski definition) is 3. The monoisotopic (exact) mass is 228 g/mol. The van der Waals surface area contributed by atoms with Gasteiger partial charge in [0.25, 0.3) is 0 Å². The SMILES string of the molecule is CCC1CCCN1CCC(C)(NC)C(=O)O. The molecule has 0 aromatic rings. The molecule has 2 N–H and O–H groups in total. The minimum Gasteiger partial charge on any atom is -0.480 e. The minimum absolute atomic E-state index is 0.662. The van der Waals surface area contributed by atoms with E-state index in [1.807, 2.05) is 0 Å². The topological polar surface area (TPSA) is 52.6 Å². The predicted molar refractivity (Wildman–Crippen MR) is 64.6 cm³/mol. The van der Waals surface area contributed by atoms with Crippen molar-refractivity contribution in [2.24, 2.45) is 0 Å². The Morgan fingerprint density at radius 3 is 2.81 bits per heavy atom. The highest BCUT2D eigenvalue weighted by Gasteiger charge is 2.33. The molecule has 0 aromatic carbocycles. The summed E-state index contributed by atoms with van der Waals surface area (Å²) in [4.78, 5) is 13.6. The van der Waals surface area contributed by atoms with Crippen molar-refractivity contribution in [1.82, 2.24) is 10.2 Å². The molecular formula is C12H24N2O2. The summed E-state index contributed by atoms with van der Waals surface area (Å²) in [6, 6.07) is 0.662. The van der Waals surface area contributed by atoms with E-state index in [0.717, 1.165) is 13.1 Å². The number of carboxylic acid groups (broad SMARTS) is 1. The van der Waals surface area contributed by atoms with Gasteiger partial charge in [-0.2, -0.15) is 0 Å². The number of likely N-dealkylation sites (tertiary alicyclic amines) is 1. The standard InChI is InChI=1S/C12H24N2O2/c1-4-10-6-5-8-14(10)9-7-12(2,13-3)11(15)16/h10,13H,4-9H2,1-3H3,(H,15,16). The lowest BCUT2D eigenvalue weighted by Crippen LogP contribution is -2.50. The third-order valence-corrected chi connectivity index (χ3v) is 3.89. The van der Waals surface area contributed by atoms with E-state index < -0.39 is 11.5 Å². The van der Waals surface area contributed by atoms with Crippen molar-refractivity contribution in [3.05, 3.63) is 0 Å². The highest BCUT2D eigenvalue weighted by Crippen LogP contribution is 2.21.